The summed E-state index contributed by atoms with van der Waals surface area (Å²) in [6.45, 7) is 9.84. The molecule has 2 N–H and O–H groups in total. The van der Waals surface area contributed by atoms with E-state index in [4.69, 9.17) is 0 Å². The highest BCUT2D eigenvalue weighted by molar-refractivity contribution is 7.99. The monoisotopic (exact) mass is 254 g/mol. The largest absolute Gasteiger partial charge is 0.313 e. The zero-order valence-electron chi connectivity index (χ0n) is 11.1. The molecule has 0 bridgehead atoms. The lowest BCUT2D eigenvalue weighted by Gasteiger charge is -2.30. The van der Waals surface area contributed by atoms with Crippen LogP contribution in [0.15, 0.2) is 5.16 Å². The van der Waals surface area contributed by atoms with Gasteiger partial charge in [0.05, 0.1) is 0 Å². The van der Waals surface area contributed by atoms with Crippen LogP contribution in [0.2, 0.25) is 0 Å². The van der Waals surface area contributed by atoms with Gasteiger partial charge in [0.15, 0.2) is 0 Å². The number of rotatable bonds is 4. The molecule has 0 spiro atoms. The van der Waals surface area contributed by atoms with E-state index < -0.39 is 0 Å². The summed E-state index contributed by atoms with van der Waals surface area (Å²) in [4.78, 5) is 4.39. The topological polar surface area (TPSA) is 53.6 Å². The molecule has 96 valence electrons. The number of nitrogens with one attached hydrogen (secondary N) is 2. The third-order valence-electron chi connectivity index (χ3n) is 3.54. The van der Waals surface area contributed by atoms with Crippen LogP contribution < -0.4 is 5.32 Å². The van der Waals surface area contributed by atoms with E-state index in [0.29, 0.717) is 16.7 Å². The summed E-state index contributed by atoms with van der Waals surface area (Å²) >= 11 is 1.81. The predicted octanol–water partition coefficient (Wildman–Crippen LogP) is 2.37. The normalized spacial score (nSPS) is 27.5. The van der Waals surface area contributed by atoms with Crippen LogP contribution in [0.3, 0.4) is 0 Å². The van der Waals surface area contributed by atoms with Crippen LogP contribution in [-0.2, 0) is 0 Å². The maximum atomic E-state index is 4.39. The molecule has 2 rings (SSSR count). The molecular weight excluding hydrogens is 232 g/mol. The molecule has 4 nitrogen and oxygen atoms in total. The van der Waals surface area contributed by atoms with E-state index in [1.54, 1.807) is 11.8 Å². The Kier molecular flexibility index (Phi) is 3.78. The minimum atomic E-state index is 0.374. The van der Waals surface area contributed by atoms with Gasteiger partial charge in [-0.15, -0.1) is 5.10 Å². The number of hydrogen-bond donors (Lipinski definition) is 2. The summed E-state index contributed by atoms with van der Waals surface area (Å²) in [6.07, 6.45) is 2.51. The Bertz CT molecular complexity index is 374. The highest BCUT2D eigenvalue weighted by atomic mass is 32.2. The molecule has 2 atom stereocenters. The molecule has 1 aliphatic rings. The fourth-order valence-corrected chi connectivity index (χ4v) is 4.00. The van der Waals surface area contributed by atoms with Gasteiger partial charge in [0, 0.05) is 11.3 Å². The molecule has 0 saturated heterocycles. The van der Waals surface area contributed by atoms with E-state index in [0.717, 1.165) is 17.5 Å². The van der Waals surface area contributed by atoms with E-state index in [1.165, 1.54) is 12.8 Å². The zero-order chi connectivity index (χ0) is 12.5. The van der Waals surface area contributed by atoms with E-state index in [-0.39, 0.29) is 0 Å². The summed E-state index contributed by atoms with van der Waals surface area (Å²) in [5.74, 6) is 0.893. The molecule has 1 saturated carbocycles. The van der Waals surface area contributed by atoms with Crippen LogP contribution >= 0.6 is 11.8 Å². The number of nitrogens with zero attached hydrogens (tertiary/aromatic N) is 2. The van der Waals surface area contributed by atoms with Crippen LogP contribution in [0.5, 0.6) is 0 Å². The van der Waals surface area contributed by atoms with Gasteiger partial charge in [0.25, 0.3) is 0 Å². The molecule has 17 heavy (non-hydrogen) atoms. The Morgan fingerprint density at radius 1 is 1.53 bits per heavy atom. The van der Waals surface area contributed by atoms with Crippen LogP contribution in [0.4, 0.5) is 0 Å². The number of aromatic nitrogens is 3. The number of hydrogen-bond acceptors (Lipinski definition) is 4. The van der Waals surface area contributed by atoms with Gasteiger partial charge in [-0.3, -0.25) is 5.10 Å². The fourth-order valence-electron chi connectivity index (χ4n) is 2.60. The van der Waals surface area contributed by atoms with Crippen molar-refractivity contribution in [2.75, 3.05) is 6.54 Å². The van der Waals surface area contributed by atoms with E-state index >= 15 is 0 Å². The minimum absolute atomic E-state index is 0.374. The van der Waals surface area contributed by atoms with Gasteiger partial charge >= 0.3 is 0 Å². The van der Waals surface area contributed by atoms with Gasteiger partial charge in [-0.2, -0.15) is 0 Å². The van der Waals surface area contributed by atoms with Crippen LogP contribution in [-0.4, -0.2) is 33.0 Å². The Balaban J connectivity index is 2.05. The SMILES string of the molecule is CCNC1C(Sc2n[nH]c(C)n2)CCC1(C)C. The first kappa shape index (κ1) is 12.9. The van der Waals surface area contributed by atoms with Crippen LogP contribution in [0.1, 0.15) is 39.4 Å². The summed E-state index contributed by atoms with van der Waals surface area (Å²) in [5, 5.41) is 12.2. The maximum absolute atomic E-state index is 4.39. The maximum Gasteiger partial charge on any atom is 0.208 e. The Morgan fingerprint density at radius 2 is 2.29 bits per heavy atom. The smallest absolute Gasteiger partial charge is 0.208 e. The molecule has 1 heterocycles. The molecule has 2 unspecified atom stereocenters. The molecule has 1 fully saturated rings. The summed E-state index contributed by atoms with van der Waals surface area (Å²) in [5.41, 5.74) is 0.374. The summed E-state index contributed by atoms with van der Waals surface area (Å²) in [7, 11) is 0. The lowest BCUT2D eigenvalue weighted by Crippen LogP contribution is -2.43. The van der Waals surface area contributed by atoms with Gasteiger partial charge in [0.2, 0.25) is 5.16 Å². The molecule has 1 aromatic heterocycles. The average molecular weight is 254 g/mol. The summed E-state index contributed by atoms with van der Waals surface area (Å²) < 4.78 is 0. The van der Waals surface area contributed by atoms with Crippen molar-refractivity contribution in [1.29, 1.82) is 0 Å². The van der Waals surface area contributed by atoms with Gasteiger partial charge in [0.1, 0.15) is 5.82 Å². The molecule has 1 aromatic rings. The highest BCUT2D eigenvalue weighted by Crippen LogP contribution is 2.44. The third kappa shape index (κ3) is 2.83. The van der Waals surface area contributed by atoms with Crippen molar-refractivity contribution in [3.05, 3.63) is 5.82 Å². The van der Waals surface area contributed by atoms with Crippen molar-refractivity contribution in [3.63, 3.8) is 0 Å². The summed E-state index contributed by atoms with van der Waals surface area (Å²) in [6, 6.07) is 0.552. The standard InChI is InChI=1S/C12H22N4S/c1-5-13-10-9(6-7-12(10,3)4)17-11-14-8(2)15-16-11/h9-10,13H,5-7H2,1-4H3,(H,14,15,16). The minimum Gasteiger partial charge on any atom is -0.313 e. The van der Waals surface area contributed by atoms with Gasteiger partial charge < -0.3 is 5.32 Å². The zero-order valence-corrected chi connectivity index (χ0v) is 11.9. The molecule has 0 aromatic carbocycles. The second-order valence-corrected chi connectivity index (χ2v) is 6.63. The molecule has 0 amide bonds. The van der Waals surface area contributed by atoms with Gasteiger partial charge in [-0.1, -0.05) is 32.5 Å². The molecule has 0 aliphatic heterocycles. The fraction of sp³-hybridized carbons (Fsp3) is 0.833. The second-order valence-electron chi connectivity index (χ2n) is 5.42. The van der Waals surface area contributed by atoms with Crippen LogP contribution in [0, 0.1) is 12.3 Å². The predicted molar refractivity (Wildman–Crippen MR) is 71.2 cm³/mol. The first-order valence-corrected chi connectivity index (χ1v) is 7.20. The highest BCUT2D eigenvalue weighted by Gasteiger charge is 2.42. The lowest BCUT2D eigenvalue weighted by molar-refractivity contribution is 0.290. The molecule has 0 radical (unpaired) electrons. The van der Waals surface area contributed by atoms with E-state index in [9.17, 15) is 0 Å². The second kappa shape index (κ2) is 4.98. The molecular formula is C12H22N4S. The Labute approximate surface area is 107 Å². The first-order valence-electron chi connectivity index (χ1n) is 6.32. The van der Waals surface area contributed by atoms with Crippen LogP contribution in [0.25, 0.3) is 0 Å². The number of thioether (sulfide) groups is 1. The number of H-pyrrole nitrogens is 1. The third-order valence-corrected chi connectivity index (χ3v) is 4.75. The lowest BCUT2D eigenvalue weighted by atomic mass is 9.87. The molecule has 5 heteroatoms. The number of aromatic amines is 1. The van der Waals surface area contributed by atoms with Crippen molar-refractivity contribution >= 4 is 11.8 Å². The Morgan fingerprint density at radius 3 is 2.88 bits per heavy atom. The van der Waals surface area contributed by atoms with E-state index in [2.05, 4.69) is 41.3 Å². The van der Waals surface area contributed by atoms with Crippen molar-refractivity contribution in [3.8, 4) is 0 Å². The number of aryl methyl sites for hydroxylation is 1. The average Bonchev–Trinajstić information content (AvgIpc) is 2.77. The molecule has 1 aliphatic carbocycles. The van der Waals surface area contributed by atoms with E-state index in [1.807, 2.05) is 6.92 Å². The first-order chi connectivity index (χ1) is 8.03. The van der Waals surface area contributed by atoms with Crippen molar-refractivity contribution in [1.82, 2.24) is 20.5 Å². The van der Waals surface area contributed by atoms with Crippen molar-refractivity contribution < 1.29 is 0 Å². The van der Waals surface area contributed by atoms with Gasteiger partial charge in [-0.05, 0) is 31.7 Å². The Hall–Kier alpha value is -0.550. The van der Waals surface area contributed by atoms with Gasteiger partial charge in [-0.25, -0.2) is 4.98 Å². The quantitative estimate of drug-likeness (QED) is 0.866. The van der Waals surface area contributed by atoms with Crippen molar-refractivity contribution in [2.45, 2.75) is 57.0 Å². The van der Waals surface area contributed by atoms with Crippen molar-refractivity contribution in [2.24, 2.45) is 5.41 Å².